The van der Waals surface area contributed by atoms with Gasteiger partial charge in [-0.05, 0) is 31.4 Å². The second-order valence-corrected chi connectivity index (χ2v) is 6.70. The fourth-order valence-corrected chi connectivity index (χ4v) is 3.49. The molecule has 0 bridgehead atoms. The highest BCUT2D eigenvalue weighted by Gasteiger charge is 2.33. The molecule has 0 aliphatic heterocycles. The van der Waals surface area contributed by atoms with Gasteiger partial charge in [0, 0.05) is 17.3 Å². The highest BCUT2D eigenvalue weighted by Crippen LogP contribution is 2.29. The molecule has 1 aliphatic rings. The number of nitrogens with one attached hydrogen (secondary N) is 1. The lowest BCUT2D eigenvalue weighted by molar-refractivity contribution is 0.156. The van der Waals surface area contributed by atoms with Gasteiger partial charge in [-0.25, -0.2) is 0 Å². The number of aliphatic hydroxyl groups excluding tert-OH is 1. The van der Waals surface area contributed by atoms with Gasteiger partial charge in [0.2, 0.25) is 0 Å². The summed E-state index contributed by atoms with van der Waals surface area (Å²) < 4.78 is 0. The highest BCUT2D eigenvalue weighted by atomic mass is 32.2. The summed E-state index contributed by atoms with van der Waals surface area (Å²) >= 11 is 2.02. The van der Waals surface area contributed by atoms with E-state index in [9.17, 15) is 5.11 Å². The molecule has 96 valence electrons. The average molecular weight is 245 g/mol. The van der Waals surface area contributed by atoms with E-state index in [4.69, 9.17) is 0 Å². The van der Waals surface area contributed by atoms with Crippen LogP contribution >= 0.6 is 11.8 Å². The van der Waals surface area contributed by atoms with E-state index in [0.29, 0.717) is 12.6 Å². The fourth-order valence-electron chi connectivity index (χ4n) is 2.44. The van der Waals surface area contributed by atoms with Gasteiger partial charge >= 0.3 is 0 Å². The van der Waals surface area contributed by atoms with Gasteiger partial charge < -0.3 is 10.4 Å². The van der Waals surface area contributed by atoms with Crippen LogP contribution in [0, 0.1) is 5.92 Å². The Morgan fingerprint density at radius 1 is 1.19 bits per heavy atom. The Labute approximate surface area is 105 Å². The fraction of sp³-hybridized carbons (Fsp3) is 1.00. The summed E-state index contributed by atoms with van der Waals surface area (Å²) in [5, 5.41) is 13.2. The van der Waals surface area contributed by atoms with Crippen molar-refractivity contribution in [2.75, 3.05) is 18.1 Å². The van der Waals surface area contributed by atoms with E-state index in [1.807, 2.05) is 11.8 Å². The number of hydrogen-bond donors (Lipinski definition) is 2. The lowest BCUT2D eigenvalue weighted by Crippen LogP contribution is -2.51. The molecule has 3 heteroatoms. The maximum Gasteiger partial charge on any atom is 0.0613 e. The second kappa shape index (κ2) is 6.87. The van der Waals surface area contributed by atoms with E-state index in [1.165, 1.54) is 18.6 Å². The first-order chi connectivity index (χ1) is 7.58. The molecule has 0 spiro atoms. The van der Waals surface area contributed by atoms with Crippen LogP contribution in [-0.2, 0) is 0 Å². The van der Waals surface area contributed by atoms with E-state index >= 15 is 0 Å². The molecule has 0 amide bonds. The van der Waals surface area contributed by atoms with Crippen LogP contribution in [0.3, 0.4) is 0 Å². The molecule has 2 N–H and O–H groups in total. The summed E-state index contributed by atoms with van der Waals surface area (Å²) in [4.78, 5) is 0. The van der Waals surface area contributed by atoms with Crippen molar-refractivity contribution >= 4 is 11.8 Å². The van der Waals surface area contributed by atoms with Crippen LogP contribution in [-0.4, -0.2) is 34.8 Å². The molecule has 1 atom stereocenters. The molecule has 1 unspecified atom stereocenters. The topological polar surface area (TPSA) is 32.3 Å². The number of aliphatic hydroxyl groups is 1. The van der Waals surface area contributed by atoms with Crippen molar-refractivity contribution in [1.82, 2.24) is 5.32 Å². The molecule has 0 aromatic rings. The first-order valence-corrected chi connectivity index (χ1v) is 7.70. The van der Waals surface area contributed by atoms with Crippen molar-refractivity contribution in [3.8, 4) is 0 Å². The molecule has 1 saturated carbocycles. The standard InChI is InChI=1S/C13H27NOS/c1-11(2)8-16-9-12(3)14-13(10-15)6-4-5-7-13/h11-12,14-15H,4-10H2,1-3H3. The molecule has 1 fully saturated rings. The Kier molecular flexibility index (Phi) is 6.16. The van der Waals surface area contributed by atoms with E-state index in [-0.39, 0.29) is 5.54 Å². The Morgan fingerprint density at radius 2 is 1.81 bits per heavy atom. The molecule has 0 aromatic heterocycles. The Balaban J connectivity index is 2.24. The summed E-state index contributed by atoms with van der Waals surface area (Å²) in [6.07, 6.45) is 4.81. The smallest absolute Gasteiger partial charge is 0.0613 e. The Hall–Kier alpha value is 0.270. The predicted octanol–water partition coefficient (Wildman–Crippen LogP) is 2.66. The van der Waals surface area contributed by atoms with Gasteiger partial charge in [-0.15, -0.1) is 0 Å². The molecule has 1 rings (SSSR count). The maximum absolute atomic E-state index is 9.51. The van der Waals surface area contributed by atoms with Crippen LogP contribution in [0.15, 0.2) is 0 Å². The zero-order valence-corrected chi connectivity index (χ0v) is 11.8. The molecule has 1 aliphatic carbocycles. The minimum atomic E-state index is 0.0395. The Bertz CT molecular complexity index is 190. The van der Waals surface area contributed by atoms with Gasteiger partial charge in [-0.1, -0.05) is 26.7 Å². The van der Waals surface area contributed by atoms with E-state index < -0.39 is 0 Å². The number of rotatable bonds is 7. The van der Waals surface area contributed by atoms with Gasteiger partial charge in [-0.2, -0.15) is 11.8 Å². The number of thioether (sulfide) groups is 1. The SMILES string of the molecule is CC(C)CSCC(C)NC1(CO)CCCC1. The van der Waals surface area contributed by atoms with Crippen LogP contribution in [0.25, 0.3) is 0 Å². The van der Waals surface area contributed by atoms with Crippen LogP contribution in [0.1, 0.15) is 46.5 Å². The summed E-state index contributed by atoms with van der Waals surface area (Å²) in [6, 6.07) is 0.508. The van der Waals surface area contributed by atoms with Crippen LogP contribution in [0.4, 0.5) is 0 Å². The predicted molar refractivity (Wildman–Crippen MR) is 73.0 cm³/mol. The van der Waals surface area contributed by atoms with Crippen LogP contribution in [0.2, 0.25) is 0 Å². The van der Waals surface area contributed by atoms with Gasteiger partial charge in [0.1, 0.15) is 0 Å². The molecule has 0 heterocycles. The molecule has 0 radical (unpaired) electrons. The van der Waals surface area contributed by atoms with E-state index in [0.717, 1.165) is 24.5 Å². The van der Waals surface area contributed by atoms with Crippen molar-refractivity contribution in [2.45, 2.75) is 58.0 Å². The number of hydrogen-bond acceptors (Lipinski definition) is 3. The summed E-state index contributed by atoms with van der Waals surface area (Å²) in [5.74, 6) is 3.16. The van der Waals surface area contributed by atoms with Crippen molar-refractivity contribution in [1.29, 1.82) is 0 Å². The quantitative estimate of drug-likeness (QED) is 0.723. The van der Waals surface area contributed by atoms with E-state index in [1.54, 1.807) is 0 Å². The first kappa shape index (κ1) is 14.3. The zero-order valence-electron chi connectivity index (χ0n) is 11.0. The summed E-state index contributed by atoms with van der Waals surface area (Å²) in [7, 11) is 0. The third-order valence-corrected chi connectivity index (χ3v) is 4.87. The van der Waals surface area contributed by atoms with Crippen LogP contribution < -0.4 is 5.32 Å². The largest absolute Gasteiger partial charge is 0.394 e. The third kappa shape index (κ3) is 4.64. The minimum absolute atomic E-state index is 0.0395. The van der Waals surface area contributed by atoms with E-state index in [2.05, 4.69) is 26.1 Å². The third-order valence-electron chi connectivity index (χ3n) is 3.23. The highest BCUT2D eigenvalue weighted by molar-refractivity contribution is 7.99. The zero-order chi connectivity index (χ0) is 12.0. The lowest BCUT2D eigenvalue weighted by atomic mass is 9.98. The molecule has 16 heavy (non-hydrogen) atoms. The van der Waals surface area contributed by atoms with Crippen molar-refractivity contribution in [3.05, 3.63) is 0 Å². The molecule has 0 aromatic carbocycles. The maximum atomic E-state index is 9.51. The first-order valence-electron chi connectivity index (χ1n) is 6.54. The minimum Gasteiger partial charge on any atom is -0.394 e. The van der Waals surface area contributed by atoms with Gasteiger partial charge in [0.25, 0.3) is 0 Å². The van der Waals surface area contributed by atoms with Gasteiger partial charge in [-0.3, -0.25) is 0 Å². The summed E-state index contributed by atoms with van der Waals surface area (Å²) in [6.45, 7) is 7.06. The average Bonchev–Trinajstić information content (AvgIpc) is 2.66. The Morgan fingerprint density at radius 3 is 2.31 bits per heavy atom. The van der Waals surface area contributed by atoms with Crippen molar-refractivity contribution < 1.29 is 5.11 Å². The van der Waals surface area contributed by atoms with Gasteiger partial charge in [0.15, 0.2) is 0 Å². The summed E-state index contributed by atoms with van der Waals surface area (Å²) in [5.41, 5.74) is 0.0395. The normalized spacial score (nSPS) is 21.6. The monoisotopic (exact) mass is 245 g/mol. The van der Waals surface area contributed by atoms with Crippen LogP contribution in [0.5, 0.6) is 0 Å². The lowest BCUT2D eigenvalue weighted by Gasteiger charge is -2.32. The molecular formula is C13H27NOS. The van der Waals surface area contributed by atoms with Crippen molar-refractivity contribution in [3.63, 3.8) is 0 Å². The molecule has 2 nitrogen and oxygen atoms in total. The second-order valence-electron chi connectivity index (χ2n) is 5.62. The van der Waals surface area contributed by atoms with Crippen molar-refractivity contribution in [2.24, 2.45) is 5.92 Å². The van der Waals surface area contributed by atoms with Gasteiger partial charge in [0.05, 0.1) is 6.61 Å². The molecular weight excluding hydrogens is 218 g/mol. The molecule has 0 saturated heterocycles.